The average Bonchev–Trinajstić information content (AvgIpc) is 3.20. The summed E-state index contributed by atoms with van der Waals surface area (Å²) in [7, 11) is 1.35. The number of alkyl halides is 3. The first-order chi connectivity index (χ1) is 18.4. The van der Waals surface area contributed by atoms with Gasteiger partial charge in [0.1, 0.15) is 17.8 Å². The number of benzene rings is 1. The minimum absolute atomic E-state index is 0.0609. The Morgan fingerprint density at radius 2 is 2.00 bits per heavy atom. The highest BCUT2D eigenvalue weighted by Gasteiger charge is 2.40. The van der Waals surface area contributed by atoms with Crippen LogP contribution in [0.3, 0.4) is 0 Å². The molecule has 1 saturated carbocycles. The highest BCUT2D eigenvalue weighted by Crippen LogP contribution is 2.39. The van der Waals surface area contributed by atoms with Crippen LogP contribution in [0.15, 0.2) is 24.4 Å². The quantitative estimate of drug-likeness (QED) is 0.410. The number of halogens is 4. The molecule has 206 valence electrons. The largest absolute Gasteiger partial charge is 0.396 e. The van der Waals surface area contributed by atoms with Gasteiger partial charge < -0.3 is 10.6 Å². The van der Waals surface area contributed by atoms with Crippen LogP contribution in [0.5, 0.6) is 0 Å². The Labute approximate surface area is 222 Å². The number of nitriles is 1. The third kappa shape index (κ3) is 6.02. The molecule has 1 fully saturated rings. The number of nitrogens with zero attached hydrogens (tertiary/aromatic N) is 4. The van der Waals surface area contributed by atoms with Crippen molar-refractivity contribution in [1.29, 1.82) is 5.26 Å². The Kier molecular flexibility index (Phi) is 7.90. The molecule has 0 bridgehead atoms. The summed E-state index contributed by atoms with van der Waals surface area (Å²) in [4.78, 5) is 29.0. The first-order valence-electron chi connectivity index (χ1n) is 12.6. The predicted octanol–water partition coefficient (Wildman–Crippen LogP) is 5.28. The summed E-state index contributed by atoms with van der Waals surface area (Å²) >= 11 is 0. The molecule has 12 heteroatoms. The lowest BCUT2D eigenvalue weighted by atomic mass is 9.85. The molecule has 0 radical (unpaired) electrons. The molecule has 3 aromatic rings. The number of anilines is 1. The Morgan fingerprint density at radius 1 is 1.26 bits per heavy atom. The van der Waals surface area contributed by atoms with Gasteiger partial charge in [0.2, 0.25) is 11.8 Å². The van der Waals surface area contributed by atoms with Crippen LogP contribution >= 0.6 is 0 Å². The molecular weight excluding hydrogens is 516 g/mol. The molecule has 0 spiro atoms. The second kappa shape index (κ2) is 11.0. The number of aryl methyl sites for hydroxylation is 2. The molecular formula is C27H28F4N6O2. The Hall–Kier alpha value is -4.01. The molecule has 1 aliphatic carbocycles. The molecule has 0 aliphatic heterocycles. The maximum absolute atomic E-state index is 15.1. The lowest BCUT2D eigenvalue weighted by Gasteiger charge is -2.28. The summed E-state index contributed by atoms with van der Waals surface area (Å²) in [6, 6.07) is 5.84. The van der Waals surface area contributed by atoms with Crippen molar-refractivity contribution < 1.29 is 27.2 Å². The van der Waals surface area contributed by atoms with Gasteiger partial charge in [0.25, 0.3) is 0 Å². The summed E-state index contributed by atoms with van der Waals surface area (Å²) < 4.78 is 56.7. The van der Waals surface area contributed by atoms with Gasteiger partial charge in [-0.3, -0.25) is 14.3 Å². The Morgan fingerprint density at radius 3 is 2.69 bits per heavy atom. The van der Waals surface area contributed by atoms with Gasteiger partial charge in [0.15, 0.2) is 5.82 Å². The van der Waals surface area contributed by atoms with E-state index in [1.54, 1.807) is 19.1 Å². The van der Waals surface area contributed by atoms with Crippen LogP contribution in [0.4, 0.5) is 23.4 Å². The third-order valence-electron chi connectivity index (χ3n) is 7.15. The van der Waals surface area contributed by atoms with Gasteiger partial charge in [0.05, 0.1) is 17.7 Å². The molecule has 3 atom stereocenters. The van der Waals surface area contributed by atoms with E-state index in [0.29, 0.717) is 36.0 Å². The van der Waals surface area contributed by atoms with Gasteiger partial charge in [-0.05, 0) is 68.0 Å². The van der Waals surface area contributed by atoms with Crippen molar-refractivity contribution in [2.45, 2.75) is 64.1 Å². The van der Waals surface area contributed by atoms with Crippen LogP contribution in [0.2, 0.25) is 0 Å². The molecule has 1 aromatic carbocycles. The van der Waals surface area contributed by atoms with Gasteiger partial charge in [-0.25, -0.2) is 9.37 Å². The molecule has 2 heterocycles. The van der Waals surface area contributed by atoms with Crippen LogP contribution in [-0.4, -0.2) is 38.8 Å². The van der Waals surface area contributed by atoms with Crippen molar-refractivity contribution in [2.24, 2.45) is 13.0 Å². The summed E-state index contributed by atoms with van der Waals surface area (Å²) in [6.45, 7) is 2.74. The van der Waals surface area contributed by atoms with E-state index in [-0.39, 0.29) is 52.6 Å². The molecule has 0 unspecified atom stereocenters. The second-order valence-electron chi connectivity index (χ2n) is 9.96. The van der Waals surface area contributed by atoms with Crippen molar-refractivity contribution in [1.82, 2.24) is 20.1 Å². The second-order valence-corrected chi connectivity index (χ2v) is 9.96. The van der Waals surface area contributed by atoms with E-state index >= 15 is 4.39 Å². The fraction of sp³-hybridized carbons (Fsp3) is 0.444. The molecule has 8 nitrogen and oxygen atoms in total. The van der Waals surface area contributed by atoms with Crippen LogP contribution in [0, 0.1) is 30.0 Å². The van der Waals surface area contributed by atoms with Crippen LogP contribution in [0.25, 0.3) is 22.0 Å². The number of rotatable bonds is 6. The first-order valence-corrected chi connectivity index (χ1v) is 12.6. The highest BCUT2D eigenvalue weighted by molar-refractivity contribution is 5.93. The zero-order chi connectivity index (χ0) is 28.5. The normalized spacial score (nSPS) is 18.4. The van der Waals surface area contributed by atoms with E-state index in [2.05, 4.69) is 20.7 Å². The summed E-state index contributed by atoms with van der Waals surface area (Å²) in [6.07, 6.45) is -0.792. The number of hydrogen-bond donors (Lipinski definition) is 2. The van der Waals surface area contributed by atoms with E-state index in [1.165, 1.54) is 25.4 Å². The van der Waals surface area contributed by atoms with Gasteiger partial charge in [0, 0.05) is 30.6 Å². The van der Waals surface area contributed by atoms with Crippen molar-refractivity contribution in [2.75, 3.05) is 5.32 Å². The standard InChI is InChI=1S/C27H28F4N6O2/c1-14-13-33-22(35-26(39)16-5-4-6-18(9-16)34-23(38)7-8-32)12-19(14)17-10-20-24(21(28)11-17)36-37(3)25(20)15(2)27(29,30)31/h10-13,15-16,18H,4-7,9H2,1-3H3,(H,34,38)(H,33,35,39)/t15-,16-,18+/m0/s1. The van der Waals surface area contributed by atoms with Crippen molar-refractivity contribution in [3.63, 3.8) is 0 Å². The topological polar surface area (TPSA) is 113 Å². The first kappa shape index (κ1) is 28.0. The van der Waals surface area contributed by atoms with E-state index in [1.807, 2.05) is 0 Å². The summed E-state index contributed by atoms with van der Waals surface area (Å²) in [5.41, 5.74) is 1.17. The number of carbonyl (C=O) groups excluding carboxylic acids is 2. The summed E-state index contributed by atoms with van der Waals surface area (Å²) in [5, 5.41) is 18.3. The van der Waals surface area contributed by atoms with Gasteiger partial charge in [-0.1, -0.05) is 6.42 Å². The number of carbonyl (C=O) groups is 2. The van der Waals surface area contributed by atoms with E-state index in [9.17, 15) is 22.8 Å². The number of amides is 2. The van der Waals surface area contributed by atoms with Crippen molar-refractivity contribution in [3.8, 4) is 17.2 Å². The van der Waals surface area contributed by atoms with E-state index in [0.717, 1.165) is 18.0 Å². The lowest BCUT2D eigenvalue weighted by Crippen LogP contribution is -2.40. The SMILES string of the molecule is Cc1cnc(NC(=O)[C@H]2CCC[C@@H](NC(=O)CC#N)C2)cc1-c1cc(F)c2nn(C)c([C@H](C)C(F)(F)F)c2c1. The minimum atomic E-state index is -4.53. The number of fused-ring (bicyclic) bond motifs is 1. The molecule has 2 amide bonds. The van der Waals surface area contributed by atoms with Gasteiger partial charge in [-0.2, -0.15) is 23.5 Å². The lowest BCUT2D eigenvalue weighted by molar-refractivity contribution is -0.147. The van der Waals surface area contributed by atoms with Crippen molar-refractivity contribution >= 4 is 28.5 Å². The molecule has 0 saturated heterocycles. The van der Waals surface area contributed by atoms with Gasteiger partial charge in [-0.15, -0.1) is 0 Å². The Bertz CT molecular complexity index is 1460. The number of hydrogen-bond acceptors (Lipinski definition) is 5. The predicted molar refractivity (Wildman–Crippen MR) is 136 cm³/mol. The minimum Gasteiger partial charge on any atom is -0.352 e. The van der Waals surface area contributed by atoms with Crippen LogP contribution < -0.4 is 10.6 Å². The fourth-order valence-electron chi connectivity index (χ4n) is 5.14. The van der Waals surface area contributed by atoms with Crippen LogP contribution in [0.1, 0.15) is 56.2 Å². The molecule has 4 rings (SSSR count). The summed E-state index contributed by atoms with van der Waals surface area (Å²) in [5.74, 6) is -3.45. The van der Waals surface area contributed by atoms with Crippen molar-refractivity contribution in [3.05, 3.63) is 41.5 Å². The highest BCUT2D eigenvalue weighted by atomic mass is 19.4. The molecule has 39 heavy (non-hydrogen) atoms. The zero-order valence-corrected chi connectivity index (χ0v) is 21.7. The third-order valence-corrected chi connectivity index (χ3v) is 7.15. The maximum atomic E-state index is 15.1. The van der Waals surface area contributed by atoms with Gasteiger partial charge >= 0.3 is 6.18 Å². The molecule has 2 N–H and O–H groups in total. The Balaban J connectivity index is 1.60. The smallest absolute Gasteiger partial charge is 0.352 e. The average molecular weight is 545 g/mol. The zero-order valence-electron chi connectivity index (χ0n) is 21.7. The van der Waals surface area contributed by atoms with Crippen LogP contribution in [-0.2, 0) is 16.6 Å². The monoisotopic (exact) mass is 544 g/mol. The number of pyridine rings is 1. The number of aromatic nitrogens is 3. The molecule has 2 aromatic heterocycles. The number of nitrogens with one attached hydrogen (secondary N) is 2. The fourth-order valence-corrected chi connectivity index (χ4v) is 5.14. The van der Waals surface area contributed by atoms with E-state index in [4.69, 9.17) is 5.26 Å². The maximum Gasteiger partial charge on any atom is 0.396 e. The van der Waals surface area contributed by atoms with E-state index < -0.39 is 17.9 Å². The molecule has 1 aliphatic rings.